The summed E-state index contributed by atoms with van der Waals surface area (Å²) in [6.45, 7) is 0.988. The summed E-state index contributed by atoms with van der Waals surface area (Å²) in [7, 11) is 0. The van der Waals surface area contributed by atoms with Gasteiger partial charge in [0.2, 0.25) is 0 Å². The number of ether oxygens (including phenoxy) is 1. The molecule has 0 fully saturated rings. The maximum Gasteiger partial charge on any atom is 0.0863 e. The fourth-order valence-electron chi connectivity index (χ4n) is 1.13. The molecule has 0 saturated carbocycles. The lowest BCUT2D eigenvalue weighted by molar-refractivity contribution is 0.0398. The molecule has 1 unspecified atom stereocenters. The van der Waals surface area contributed by atoms with Gasteiger partial charge in [-0.2, -0.15) is 11.8 Å². The molecule has 1 rings (SSSR count). The second-order valence-electron chi connectivity index (χ2n) is 3.11. The van der Waals surface area contributed by atoms with E-state index in [9.17, 15) is 5.11 Å². The van der Waals surface area contributed by atoms with Crippen LogP contribution < -0.4 is 0 Å². The van der Waals surface area contributed by atoms with Gasteiger partial charge >= 0.3 is 0 Å². The molecule has 14 heavy (non-hydrogen) atoms. The quantitative estimate of drug-likeness (QED) is 0.781. The van der Waals surface area contributed by atoms with Crippen LogP contribution in [0, 0.1) is 0 Å². The highest BCUT2D eigenvalue weighted by atomic mass is 32.2. The van der Waals surface area contributed by atoms with E-state index < -0.39 is 0 Å². The van der Waals surface area contributed by atoms with E-state index in [0.717, 1.165) is 11.3 Å². The lowest BCUT2D eigenvalue weighted by Crippen LogP contribution is -2.17. The fourth-order valence-corrected chi connectivity index (χ4v) is 1.61. The van der Waals surface area contributed by atoms with Crippen molar-refractivity contribution < 1.29 is 9.84 Å². The Balaban J connectivity index is 2.16. The van der Waals surface area contributed by atoms with Crippen LogP contribution in [-0.4, -0.2) is 29.8 Å². The van der Waals surface area contributed by atoms with Crippen molar-refractivity contribution in [3.05, 3.63) is 35.9 Å². The van der Waals surface area contributed by atoms with Crippen LogP contribution in [0.5, 0.6) is 0 Å². The number of rotatable bonds is 6. The van der Waals surface area contributed by atoms with Crippen molar-refractivity contribution in [1.29, 1.82) is 0 Å². The maximum atomic E-state index is 9.38. The van der Waals surface area contributed by atoms with Gasteiger partial charge in [-0.25, -0.2) is 0 Å². The fraction of sp³-hybridized carbons (Fsp3) is 0.455. The summed E-state index contributed by atoms with van der Waals surface area (Å²) < 4.78 is 5.37. The van der Waals surface area contributed by atoms with Gasteiger partial charge in [0.15, 0.2) is 0 Å². The number of aliphatic hydroxyl groups excluding tert-OH is 1. The van der Waals surface area contributed by atoms with Crippen LogP contribution in [0.15, 0.2) is 30.3 Å². The molecule has 0 aliphatic heterocycles. The highest BCUT2D eigenvalue weighted by molar-refractivity contribution is 7.98. The van der Waals surface area contributed by atoms with E-state index in [1.54, 1.807) is 11.8 Å². The second kappa shape index (κ2) is 6.87. The average Bonchev–Trinajstić information content (AvgIpc) is 2.20. The van der Waals surface area contributed by atoms with Crippen molar-refractivity contribution in [2.24, 2.45) is 0 Å². The van der Waals surface area contributed by atoms with E-state index in [-0.39, 0.29) is 6.10 Å². The zero-order valence-corrected chi connectivity index (χ0v) is 9.17. The van der Waals surface area contributed by atoms with Crippen LogP contribution in [0.2, 0.25) is 0 Å². The third-order valence-corrected chi connectivity index (χ3v) is 2.50. The van der Waals surface area contributed by atoms with Gasteiger partial charge < -0.3 is 9.84 Å². The van der Waals surface area contributed by atoms with Crippen molar-refractivity contribution in [2.75, 3.05) is 18.6 Å². The van der Waals surface area contributed by atoms with E-state index in [4.69, 9.17) is 4.74 Å². The van der Waals surface area contributed by atoms with Crippen LogP contribution >= 0.6 is 11.8 Å². The van der Waals surface area contributed by atoms with Crippen molar-refractivity contribution in [2.45, 2.75) is 12.7 Å². The molecule has 0 bridgehead atoms. The van der Waals surface area contributed by atoms with Crippen LogP contribution in [0.25, 0.3) is 0 Å². The zero-order chi connectivity index (χ0) is 10.2. The van der Waals surface area contributed by atoms with Crippen molar-refractivity contribution in [1.82, 2.24) is 0 Å². The Morgan fingerprint density at radius 2 is 2.07 bits per heavy atom. The average molecular weight is 212 g/mol. The zero-order valence-electron chi connectivity index (χ0n) is 8.35. The number of hydrogen-bond donors (Lipinski definition) is 1. The van der Waals surface area contributed by atoms with Gasteiger partial charge in [0.1, 0.15) is 0 Å². The first-order chi connectivity index (χ1) is 6.83. The smallest absolute Gasteiger partial charge is 0.0863 e. The van der Waals surface area contributed by atoms with Crippen molar-refractivity contribution >= 4 is 11.8 Å². The van der Waals surface area contributed by atoms with Gasteiger partial charge in [0.25, 0.3) is 0 Å². The molecule has 78 valence electrons. The Bertz CT molecular complexity index is 238. The molecule has 2 nitrogen and oxygen atoms in total. The van der Waals surface area contributed by atoms with Crippen LogP contribution in [0.4, 0.5) is 0 Å². The Kier molecular flexibility index (Phi) is 5.68. The first-order valence-electron chi connectivity index (χ1n) is 4.61. The minimum atomic E-state index is -0.353. The lowest BCUT2D eigenvalue weighted by atomic mass is 10.2. The summed E-state index contributed by atoms with van der Waals surface area (Å²) in [4.78, 5) is 0. The van der Waals surface area contributed by atoms with E-state index in [0.29, 0.717) is 13.2 Å². The van der Waals surface area contributed by atoms with Crippen LogP contribution in [-0.2, 0) is 11.3 Å². The molecule has 0 spiro atoms. The molecular formula is C11H16O2S. The molecule has 1 atom stereocenters. The predicted octanol–water partition coefficient (Wildman–Crippen LogP) is 1.93. The second-order valence-corrected chi connectivity index (χ2v) is 4.02. The number of thioether (sulfide) groups is 1. The molecule has 1 aromatic carbocycles. The highest BCUT2D eigenvalue weighted by Gasteiger charge is 2.02. The van der Waals surface area contributed by atoms with Gasteiger partial charge in [-0.15, -0.1) is 0 Å². The van der Waals surface area contributed by atoms with Crippen molar-refractivity contribution in [3.8, 4) is 0 Å². The minimum Gasteiger partial charge on any atom is -0.390 e. The molecule has 0 amide bonds. The number of aliphatic hydroxyl groups is 1. The summed E-state index contributed by atoms with van der Waals surface area (Å²) in [6.07, 6.45) is 1.62. The molecule has 0 aromatic heterocycles. The van der Waals surface area contributed by atoms with Gasteiger partial charge in [-0.05, 0) is 11.8 Å². The molecule has 0 heterocycles. The Morgan fingerprint density at radius 1 is 1.36 bits per heavy atom. The van der Waals surface area contributed by atoms with E-state index >= 15 is 0 Å². The standard InChI is InChI=1S/C11H16O2S/c1-14-9-11(12)8-13-7-10-5-3-2-4-6-10/h2-6,11-12H,7-9H2,1H3. The molecule has 0 saturated heterocycles. The third kappa shape index (κ3) is 4.65. The first-order valence-corrected chi connectivity index (χ1v) is 6.01. The molecule has 0 radical (unpaired) electrons. The Morgan fingerprint density at radius 3 is 2.71 bits per heavy atom. The SMILES string of the molecule is CSCC(O)COCc1ccccc1. The Hall–Kier alpha value is -0.510. The Labute approximate surface area is 89.3 Å². The monoisotopic (exact) mass is 212 g/mol. The van der Waals surface area contributed by atoms with Gasteiger partial charge in [-0.3, -0.25) is 0 Å². The molecule has 0 aliphatic carbocycles. The van der Waals surface area contributed by atoms with E-state index in [2.05, 4.69) is 0 Å². The normalized spacial score (nSPS) is 12.7. The minimum absolute atomic E-state index is 0.353. The lowest BCUT2D eigenvalue weighted by Gasteiger charge is -2.09. The van der Waals surface area contributed by atoms with E-state index in [1.165, 1.54) is 0 Å². The summed E-state index contributed by atoms with van der Waals surface area (Å²) in [5.41, 5.74) is 1.14. The number of benzene rings is 1. The molecule has 0 aliphatic rings. The van der Waals surface area contributed by atoms with E-state index in [1.807, 2.05) is 36.6 Å². The third-order valence-electron chi connectivity index (χ3n) is 1.78. The van der Waals surface area contributed by atoms with Crippen molar-refractivity contribution in [3.63, 3.8) is 0 Å². The molecule has 1 N–H and O–H groups in total. The molecule has 3 heteroatoms. The number of hydrogen-bond acceptors (Lipinski definition) is 3. The van der Waals surface area contributed by atoms with Crippen LogP contribution in [0.1, 0.15) is 5.56 Å². The summed E-state index contributed by atoms with van der Waals surface area (Å²) in [5.74, 6) is 0.731. The predicted molar refractivity (Wildman–Crippen MR) is 60.5 cm³/mol. The first kappa shape index (κ1) is 11.6. The highest BCUT2D eigenvalue weighted by Crippen LogP contribution is 2.02. The van der Waals surface area contributed by atoms with Crippen LogP contribution in [0.3, 0.4) is 0 Å². The summed E-state index contributed by atoms with van der Waals surface area (Å²) >= 11 is 1.63. The summed E-state index contributed by atoms with van der Waals surface area (Å²) in [6, 6.07) is 9.97. The van der Waals surface area contributed by atoms with Gasteiger partial charge in [0.05, 0.1) is 19.3 Å². The van der Waals surface area contributed by atoms with Gasteiger partial charge in [-0.1, -0.05) is 30.3 Å². The largest absolute Gasteiger partial charge is 0.390 e. The van der Waals surface area contributed by atoms with Gasteiger partial charge in [0, 0.05) is 5.75 Å². The summed E-state index contributed by atoms with van der Waals surface area (Å²) in [5, 5.41) is 9.38. The topological polar surface area (TPSA) is 29.5 Å². The maximum absolute atomic E-state index is 9.38. The molecular weight excluding hydrogens is 196 g/mol. The molecule has 1 aromatic rings.